The van der Waals surface area contributed by atoms with Crippen LogP contribution >= 0.6 is 0 Å². The van der Waals surface area contributed by atoms with Gasteiger partial charge >= 0.3 is 0 Å². The molecule has 270 valence electrons. The molecule has 4 heteroatoms. The van der Waals surface area contributed by atoms with Crippen LogP contribution in [0.4, 0.5) is 0 Å². The van der Waals surface area contributed by atoms with E-state index >= 15 is 0 Å². The summed E-state index contributed by atoms with van der Waals surface area (Å²) < 4.78 is 8.92. The van der Waals surface area contributed by atoms with E-state index in [4.69, 9.17) is 14.4 Å². The van der Waals surface area contributed by atoms with E-state index in [9.17, 15) is 0 Å². The van der Waals surface area contributed by atoms with E-state index in [-0.39, 0.29) is 10.8 Å². The molecule has 3 aromatic heterocycles. The lowest BCUT2D eigenvalue weighted by molar-refractivity contribution is 0.332. The largest absolute Gasteiger partial charge is 0.452 e. The smallest absolute Gasteiger partial charge is 0.180 e. The minimum atomic E-state index is 0.116. The lowest BCUT2D eigenvalue weighted by Crippen LogP contribution is -2.33. The predicted octanol–water partition coefficient (Wildman–Crippen LogP) is 14.0. The fourth-order valence-corrected chi connectivity index (χ4v) is 9.27. The van der Waals surface area contributed by atoms with Crippen LogP contribution < -0.4 is 0 Å². The van der Waals surface area contributed by atoms with Crippen molar-refractivity contribution in [3.63, 3.8) is 0 Å². The minimum Gasteiger partial charge on any atom is -0.452 e. The van der Waals surface area contributed by atoms with Gasteiger partial charge in [0.15, 0.2) is 11.4 Å². The molecule has 0 aliphatic heterocycles. The average Bonchev–Trinajstić information content (AvgIpc) is 3.77. The van der Waals surface area contributed by atoms with E-state index < -0.39 is 0 Å². The van der Waals surface area contributed by atoms with Crippen molar-refractivity contribution in [2.24, 2.45) is 0 Å². The van der Waals surface area contributed by atoms with E-state index in [1.807, 2.05) is 18.2 Å². The van der Waals surface area contributed by atoms with Gasteiger partial charge in [-0.2, -0.15) is 0 Å². The number of hydrogen-bond acceptors (Lipinski definition) is 3. The highest BCUT2D eigenvalue weighted by Crippen LogP contribution is 2.48. The summed E-state index contributed by atoms with van der Waals surface area (Å²) in [5.41, 5.74) is 14.2. The summed E-state index contributed by atoms with van der Waals surface area (Å²) in [7, 11) is 0. The SMILES string of the molecule is CC1(C)CCC(C)(C)c2cc3c(cc21)c1ccccc1n3-c1ccc(-c2nc(-c3ccc(-c4cccc5ccccc45)cc3)c3oc4ccccc4c3n2)cc1. The van der Waals surface area contributed by atoms with Gasteiger partial charge in [-0.15, -0.1) is 0 Å². The molecule has 1 aliphatic rings. The molecule has 0 amide bonds. The van der Waals surface area contributed by atoms with Gasteiger partial charge in [0.05, 0.1) is 11.0 Å². The maximum absolute atomic E-state index is 6.49. The molecule has 0 bridgehead atoms. The Kier molecular flexibility index (Phi) is 7.04. The molecule has 10 aromatic rings. The molecular weight excluding hydrogens is 683 g/mol. The lowest BCUT2D eigenvalue weighted by atomic mass is 9.63. The summed E-state index contributed by atoms with van der Waals surface area (Å²) in [4.78, 5) is 10.4. The lowest BCUT2D eigenvalue weighted by Gasteiger charge is -2.42. The first kappa shape index (κ1) is 32.9. The van der Waals surface area contributed by atoms with Crippen molar-refractivity contribution >= 4 is 54.6 Å². The van der Waals surface area contributed by atoms with Crippen LogP contribution in [0.5, 0.6) is 0 Å². The molecule has 0 saturated heterocycles. The summed E-state index contributed by atoms with van der Waals surface area (Å²) in [5, 5.41) is 6.05. The normalized spacial score (nSPS) is 14.9. The highest BCUT2D eigenvalue weighted by Gasteiger charge is 2.38. The number of para-hydroxylation sites is 2. The Morgan fingerprint density at radius 3 is 1.93 bits per heavy atom. The highest BCUT2D eigenvalue weighted by atomic mass is 16.3. The quantitative estimate of drug-likeness (QED) is 0.182. The molecule has 11 rings (SSSR count). The summed E-state index contributed by atoms with van der Waals surface area (Å²) in [5.74, 6) is 0.670. The Balaban J connectivity index is 1.05. The van der Waals surface area contributed by atoms with Crippen molar-refractivity contribution in [2.45, 2.75) is 51.4 Å². The van der Waals surface area contributed by atoms with Crippen molar-refractivity contribution in [2.75, 3.05) is 0 Å². The summed E-state index contributed by atoms with van der Waals surface area (Å²) >= 11 is 0. The predicted molar refractivity (Wildman–Crippen MR) is 233 cm³/mol. The zero-order valence-electron chi connectivity index (χ0n) is 32.1. The summed E-state index contributed by atoms with van der Waals surface area (Å²) in [6.07, 6.45) is 2.37. The number of benzene rings is 7. The van der Waals surface area contributed by atoms with E-state index in [1.165, 1.54) is 62.1 Å². The van der Waals surface area contributed by atoms with Crippen LogP contribution in [0.15, 0.2) is 156 Å². The maximum Gasteiger partial charge on any atom is 0.180 e. The molecule has 0 unspecified atom stereocenters. The van der Waals surface area contributed by atoms with Crippen LogP contribution in [-0.2, 0) is 10.8 Å². The van der Waals surface area contributed by atoms with Crippen LogP contribution in [0, 0.1) is 0 Å². The number of aromatic nitrogens is 3. The van der Waals surface area contributed by atoms with Gasteiger partial charge in [0.25, 0.3) is 0 Å². The van der Waals surface area contributed by atoms with Crippen LogP contribution in [-0.4, -0.2) is 14.5 Å². The molecule has 56 heavy (non-hydrogen) atoms. The monoisotopic (exact) mass is 723 g/mol. The van der Waals surface area contributed by atoms with Gasteiger partial charge in [-0.05, 0) is 111 Å². The third-order valence-corrected chi connectivity index (χ3v) is 12.5. The summed E-state index contributed by atoms with van der Waals surface area (Å²) in [6.45, 7) is 9.62. The fourth-order valence-electron chi connectivity index (χ4n) is 9.27. The molecule has 3 heterocycles. The van der Waals surface area contributed by atoms with E-state index in [0.29, 0.717) is 11.4 Å². The second kappa shape index (κ2) is 12.0. The van der Waals surface area contributed by atoms with Crippen molar-refractivity contribution < 1.29 is 4.42 Å². The van der Waals surface area contributed by atoms with Gasteiger partial charge in [-0.1, -0.05) is 125 Å². The molecule has 7 aromatic carbocycles. The third kappa shape index (κ3) is 4.98. The van der Waals surface area contributed by atoms with Gasteiger partial charge in [0, 0.05) is 33.0 Å². The molecule has 0 radical (unpaired) electrons. The topological polar surface area (TPSA) is 43.9 Å². The molecule has 0 N–H and O–H groups in total. The molecule has 0 atom stereocenters. The van der Waals surface area contributed by atoms with Crippen molar-refractivity contribution in [3.8, 4) is 39.5 Å². The zero-order valence-corrected chi connectivity index (χ0v) is 32.1. The van der Waals surface area contributed by atoms with Gasteiger partial charge in [0.2, 0.25) is 0 Å². The van der Waals surface area contributed by atoms with Crippen molar-refractivity contribution in [1.29, 1.82) is 0 Å². The van der Waals surface area contributed by atoms with Crippen molar-refractivity contribution in [1.82, 2.24) is 14.5 Å². The van der Waals surface area contributed by atoms with Crippen LogP contribution in [0.1, 0.15) is 51.7 Å². The number of hydrogen-bond donors (Lipinski definition) is 0. The molecular formula is C52H41N3O. The van der Waals surface area contributed by atoms with Gasteiger partial charge in [0.1, 0.15) is 16.8 Å². The second-order valence-electron chi connectivity index (χ2n) is 16.9. The third-order valence-electron chi connectivity index (χ3n) is 12.5. The Morgan fingerprint density at radius 1 is 0.518 bits per heavy atom. The van der Waals surface area contributed by atoms with E-state index in [2.05, 4.69) is 166 Å². The van der Waals surface area contributed by atoms with Gasteiger partial charge < -0.3 is 8.98 Å². The summed E-state index contributed by atoms with van der Waals surface area (Å²) in [6, 6.07) is 54.4. The number of fused-ring (bicyclic) bond motifs is 8. The number of furan rings is 1. The first-order valence-corrected chi connectivity index (χ1v) is 19.7. The van der Waals surface area contributed by atoms with Crippen LogP contribution in [0.2, 0.25) is 0 Å². The Labute approximate surface area is 326 Å². The fraction of sp³-hybridized carbons (Fsp3) is 0.154. The Bertz CT molecular complexity index is 3170. The zero-order chi connectivity index (χ0) is 37.8. The molecule has 0 saturated carbocycles. The molecule has 0 fully saturated rings. The standard InChI is InChI=1S/C52H41N3O/c1-51(2)28-29-52(3,4)43-31-45-41(30-42(43)51)39-15-7-9-18-44(39)55(45)36-26-24-35(25-27-36)50-53-47(49-48(54-50)40-16-8-10-19-46(40)56-49)34-22-20-33(21-23-34)38-17-11-13-32-12-5-6-14-37(32)38/h5-27,30-31H,28-29H2,1-4H3. The first-order valence-electron chi connectivity index (χ1n) is 19.7. The Hall–Kier alpha value is -6.52. The van der Waals surface area contributed by atoms with E-state index in [0.717, 1.165) is 44.6 Å². The van der Waals surface area contributed by atoms with Gasteiger partial charge in [-0.3, -0.25) is 0 Å². The molecule has 0 spiro atoms. The van der Waals surface area contributed by atoms with Crippen molar-refractivity contribution in [3.05, 3.63) is 163 Å². The molecule has 1 aliphatic carbocycles. The Morgan fingerprint density at radius 2 is 1.14 bits per heavy atom. The number of nitrogens with zero attached hydrogens (tertiary/aromatic N) is 3. The highest BCUT2D eigenvalue weighted by molar-refractivity contribution is 6.10. The minimum absolute atomic E-state index is 0.116. The number of rotatable bonds is 4. The van der Waals surface area contributed by atoms with Crippen LogP contribution in [0.25, 0.3) is 94.1 Å². The average molecular weight is 724 g/mol. The maximum atomic E-state index is 6.49. The molecule has 4 nitrogen and oxygen atoms in total. The van der Waals surface area contributed by atoms with Gasteiger partial charge in [-0.25, -0.2) is 9.97 Å². The van der Waals surface area contributed by atoms with E-state index in [1.54, 1.807) is 0 Å². The second-order valence-corrected chi connectivity index (χ2v) is 16.9. The van der Waals surface area contributed by atoms with Crippen LogP contribution in [0.3, 0.4) is 0 Å². The first-order chi connectivity index (χ1) is 27.2.